The van der Waals surface area contributed by atoms with E-state index in [2.05, 4.69) is 5.32 Å². The fraction of sp³-hybridized carbons (Fsp3) is 0.562. The molecule has 116 valence electrons. The molecule has 5 nitrogen and oxygen atoms in total. The van der Waals surface area contributed by atoms with E-state index in [1.807, 2.05) is 37.3 Å². The van der Waals surface area contributed by atoms with Crippen LogP contribution in [0.25, 0.3) is 0 Å². The number of hydrogen-bond acceptors (Lipinski definition) is 4. The van der Waals surface area contributed by atoms with E-state index < -0.39 is 0 Å². The summed E-state index contributed by atoms with van der Waals surface area (Å²) in [7, 11) is 1.79. The maximum Gasteiger partial charge on any atom is 0.228 e. The molecule has 2 N–H and O–H groups in total. The van der Waals surface area contributed by atoms with E-state index in [9.17, 15) is 9.90 Å². The van der Waals surface area contributed by atoms with Gasteiger partial charge in [0, 0.05) is 31.7 Å². The van der Waals surface area contributed by atoms with E-state index in [0.717, 1.165) is 5.69 Å². The Bertz CT molecular complexity index is 454. The van der Waals surface area contributed by atoms with Crippen molar-refractivity contribution >= 4 is 11.6 Å². The van der Waals surface area contributed by atoms with Crippen molar-refractivity contribution < 1.29 is 14.6 Å². The molecule has 1 saturated heterocycles. The van der Waals surface area contributed by atoms with E-state index >= 15 is 0 Å². The van der Waals surface area contributed by atoms with E-state index in [1.165, 1.54) is 0 Å². The Labute approximate surface area is 125 Å². The van der Waals surface area contributed by atoms with Gasteiger partial charge in [0.15, 0.2) is 0 Å². The Balaban J connectivity index is 1.79. The maximum atomic E-state index is 12.2. The monoisotopic (exact) mass is 292 g/mol. The molecule has 1 amide bonds. The number of anilines is 1. The molecule has 5 heteroatoms. The Morgan fingerprint density at radius 2 is 2.10 bits per heavy atom. The highest BCUT2D eigenvalue weighted by molar-refractivity contribution is 5.93. The van der Waals surface area contributed by atoms with Crippen molar-refractivity contribution in [1.29, 1.82) is 0 Å². The number of nitrogens with one attached hydrogen (secondary N) is 1. The lowest BCUT2D eigenvalue weighted by Gasteiger charge is -2.40. The van der Waals surface area contributed by atoms with Crippen LogP contribution in [0.5, 0.6) is 0 Å². The third kappa shape index (κ3) is 4.03. The van der Waals surface area contributed by atoms with Gasteiger partial charge in [-0.25, -0.2) is 0 Å². The van der Waals surface area contributed by atoms with Gasteiger partial charge in [-0.05, 0) is 19.1 Å². The van der Waals surface area contributed by atoms with Crippen molar-refractivity contribution in [3.63, 3.8) is 0 Å². The molecule has 1 heterocycles. The van der Waals surface area contributed by atoms with Crippen LogP contribution in [-0.4, -0.2) is 50.5 Å². The fourth-order valence-electron chi connectivity index (χ4n) is 2.30. The highest BCUT2D eigenvalue weighted by Crippen LogP contribution is 2.25. The number of carbonyl (C=O) groups is 1. The Morgan fingerprint density at radius 3 is 2.62 bits per heavy atom. The number of benzene rings is 1. The van der Waals surface area contributed by atoms with Crippen molar-refractivity contribution in [1.82, 2.24) is 5.32 Å². The van der Waals surface area contributed by atoms with Gasteiger partial charge in [-0.15, -0.1) is 0 Å². The second-order valence-electron chi connectivity index (χ2n) is 5.93. The van der Waals surface area contributed by atoms with Gasteiger partial charge in [0.05, 0.1) is 25.2 Å². The van der Waals surface area contributed by atoms with E-state index in [-0.39, 0.29) is 24.0 Å². The molecule has 1 unspecified atom stereocenters. The first-order valence-electron chi connectivity index (χ1n) is 7.30. The van der Waals surface area contributed by atoms with Gasteiger partial charge in [0.1, 0.15) is 0 Å². The Hall–Kier alpha value is -1.43. The van der Waals surface area contributed by atoms with E-state index in [4.69, 9.17) is 4.74 Å². The minimum atomic E-state index is -0.164. The average Bonchev–Trinajstić information content (AvgIpc) is 2.46. The molecular weight excluding hydrogens is 268 g/mol. The summed E-state index contributed by atoms with van der Waals surface area (Å²) in [6.07, 6.45) is 0.424. The molecule has 1 aliphatic rings. The van der Waals surface area contributed by atoms with Crippen LogP contribution in [-0.2, 0) is 9.53 Å². The fourth-order valence-corrected chi connectivity index (χ4v) is 2.30. The SMILES string of the molecule is CC(CC(=O)N(C)c1ccccc1)NCC1(CO)COC1. The zero-order chi connectivity index (χ0) is 15.3. The van der Waals surface area contributed by atoms with Crippen LogP contribution in [0.2, 0.25) is 0 Å². The van der Waals surface area contributed by atoms with Crippen molar-refractivity contribution in [3.8, 4) is 0 Å². The second-order valence-corrected chi connectivity index (χ2v) is 5.93. The van der Waals surface area contributed by atoms with E-state index in [1.54, 1.807) is 11.9 Å². The van der Waals surface area contributed by atoms with Crippen LogP contribution >= 0.6 is 0 Å². The molecule has 0 spiro atoms. The zero-order valence-electron chi connectivity index (χ0n) is 12.7. The quantitative estimate of drug-likeness (QED) is 0.788. The van der Waals surface area contributed by atoms with Gasteiger partial charge >= 0.3 is 0 Å². The first-order chi connectivity index (χ1) is 10.1. The number of aliphatic hydroxyl groups is 1. The molecule has 1 atom stereocenters. The van der Waals surface area contributed by atoms with Gasteiger partial charge in [0.2, 0.25) is 5.91 Å². The summed E-state index contributed by atoms with van der Waals surface area (Å²) < 4.78 is 5.16. The summed E-state index contributed by atoms with van der Waals surface area (Å²) in [4.78, 5) is 13.9. The first kappa shape index (κ1) is 15.9. The molecule has 0 saturated carbocycles. The van der Waals surface area contributed by atoms with Gasteiger partial charge in [0.25, 0.3) is 0 Å². The predicted molar refractivity (Wildman–Crippen MR) is 82.3 cm³/mol. The van der Waals surface area contributed by atoms with E-state index in [0.29, 0.717) is 26.2 Å². The van der Waals surface area contributed by atoms with Gasteiger partial charge in [-0.3, -0.25) is 4.79 Å². The minimum Gasteiger partial charge on any atom is -0.396 e. The summed E-state index contributed by atoms with van der Waals surface area (Å²) in [6.45, 7) is 3.95. The van der Waals surface area contributed by atoms with Crippen LogP contribution in [0.4, 0.5) is 5.69 Å². The molecule has 1 fully saturated rings. The van der Waals surface area contributed by atoms with Crippen molar-refractivity contribution in [2.24, 2.45) is 5.41 Å². The highest BCUT2D eigenvalue weighted by Gasteiger charge is 2.38. The largest absolute Gasteiger partial charge is 0.396 e. The molecule has 0 radical (unpaired) electrons. The summed E-state index contributed by atoms with van der Waals surface area (Å²) >= 11 is 0. The molecule has 0 aromatic heterocycles. The van der Waals surface area contributed by atoms with Crippen LogP contribution in [0.1, 0.15) is 13.3 Å². The third-order valence-corrected chi connectivity index (χ3v) is 3.98. The molecule has 0 aliphatic carbocycles. The second kappa shape index (κ2) is 7.02. The number of aliphatic hydroxyl groups excluding tert-OH is 1. The van der Waals surface area contributed by atoms with Crippen LogP contribution in [0.15, 0.2) is 30.3 Å². The zero-order valence-corrected chi connectivity index (χ0v) is 12.7. The predicted octanol–water partition coefficient (Wildman–Crippen LogP) is 1.03. The number of para-hydroxylation sites is 1. The summed E-state index contributed by atoms with van der Waals surface area (Å²) in [5.74, 6) is 0.0732. The Morgan fingerprint density at radius 1 is 1.43 bits per heavy atom. The maximum absolute atomic E-state index is 12.2. The van der Waals surface area contributed by atoms with Crippen molar-refractivity contribution in [2.75, 3.05) is 38.3 Å². The molecule has 2 rings (SSSR count). The highest BCUT2D eigenvalue weighted by atomic mass is 16.5. The first-order valence-corrected chi connectivity index (χ1v) is 7.30. The Kier molecular flexibility index (Phi) is 5.33. The molecule has 1 aromatic rings. The lowest BCUT2D eigenvalue weighted by molar-refractivity contribution is -0.135. The van der Waals surface area contributed by atoms with Gasteiger partial charge < -0.3 is 20.1 Å². The standard InChI is InChI=1S/C16H24N2O3/c1-13(17-9-16(10-19)11-21-12-16)8-15(20)18(2)14-6-4-3-5-7-14/h3-7,13,17,19H,8-12H2,1-2H3. The molecular formula is C16H24N2O3. The normalized spacial score (nSPS) is 17.9. The smallest absolute Gasteiger partial charge is 0.228 e. The molecule has 21 heavy (non-hydrogen) atoms. The number of carbonyl (C=O) groups excluding carboxylic acids is 1. The van der Waals surface area contributed by atoms with Gasteiger partial charge in [-0.1, -0.05) is 18.2 Å². The summed E-state index contributed by atoms with van der Waals surface area (Å²) in [5, 5.41) is 12.7. The van der Waals surface area contributed by atoms with Crippen LogP contribution in [0.3, 0.4) is 0 Å². The lowest BCUT2D eigenvalue weighted by atomic mass is 9.87. The lowest BCUT2D eigenvalue weighted by Crippen LogP contribution is -2.53. The number of amides is 1. The average molecular weight is 292 g/mol. The van der Waals surface area contributed by atoms with Crippen molar-refractivity contribution in [2.45, 2.75) is 19.4 Å². The molecule has 1 aliphatic heterocycles. The van der Waals surface area contributed by atoms with Crippen molar-refractivity contribution in [3.05, 3.63) is 30.3 Å². The number of nitrogens with zero attached hydrogens (tertiary/aromatic N) is 1. The molecule has 0 bridgehead atoms. The van der Waals surface area contributed by atoms with Crippen LogP contribution in [0, 0.1) is 5.41 Å². The number of hydrogen-bond donors (Lipinski definition) is 2. The minimum absolute atomic E-state index is 0.0627. The molecule has 1 aromatic carbocycles. The summed E-state index contributed by atoms with van der Waals surface area (Å²) in [6, 6.07) is 9.67. The van der Waals surface area contributed by atoms with Gasteiger partial charge in [-0.2, -0.15) is 0 Å². The topological polar surface area (TPSA) is 61.8 Å². The van der Waals surface area contributed by atoms with Crippen LogP contribution < -0.4 is 10.2 Å². The summed E-state index contributed by atoms with van der Waals surface area (Å²) in [5.41, 5.74) is 0.733. The number of ether oxygens (including phenoxy) is 1. The number of rotatable bonds is 7. The third-order valence-electron chi connectivity index (χ3n) is 3.98.